The van der Waals surface area contributed by atoms with Crippen molar-refractivity contribution in [3.8, 4) is 11.5 Å². The van der Waals surface area contributed by atoms with Crippen LogP contribution in [-0.2, 0) is 57.8 Å². The molecular formula is C56H71N3O13S. The van der Waals surface area contributed by atoms with Crippen LogP contribution in [-0.4, -0.2) is 96.9 Å². The molecule has 0 aromatic heterocycles. The number of likely N-dealkylation sites (tertiary alicyclic amines) is 1. The minimum Gasteiger partial charge on any atom is -0.493 e. The number of amides is 2. The maximum absolute atomic E-state index is 14.2. The van der Waals surface area contributed by atoms with Crippen LogP contribution in [0.1, 0.15) is 121 Å². The average molecular weight is 1030 g/mol. The molecule has 1 aliphatic rings. The fourth-order valence-corrected chi connectivity index (χ4v) is 11.0. The maximum atomic E-state index is 14.2. The minimum absolute atomic E-state index is 0.0504. The Morgan fingerprint density at radius 2 is 1.53 bits per heavy atom. The number of aliphatic hydroxyl groups excluding tert-OH is 1. The predicted octanol–water partition coefficient (Wildman–Crippen LogP) is 8.47. The van der Waals surface area contributed by atoms with Gasteiger partial charge in [-0.15, -0.1) is 0 Å². The number of hydrogen-bond donors (Lipinski definition) is 2. The molecule has 2 N–H and O–H groups in total. The SMILES string of the molecule is CCC(C)(C)C(=O)C(=O)N1CCCC[C@H]1C(=O)O[C@H](CCc1ccc(OC)c(OC)c1)c1cccc(CC(=O)CCC(=O)N[C@@H](Cc2ccccc2)[C@H](O)CC(CC(C)C)S(=O)(=O)c2ccc([N+](=O)[O-])cc2)c1. The lowest BCUT2D eigenvalue weighted by atomic mass is 9.84. The van der Waals surface area contributed by atoms with E-state index in [0.717, 1.165) is 23.3 Å². The summed E-state index contributed by atoms with van der Waals surface area (Å²) in [6, 6.07) is 24.5. The number of esters is 1. The van der Waals surface area contributed by atoms with Crippen molar-refractivity contribution in [2.24, 2.45) is 11.3 Å². The molecule has 1 saturated heterocycles. The monoisotopic (exact) mass is 1030 g/mol. The first-order valence-electron chi connectivity index (χ1n) is 25.0. The summed E-state index contributed by atoms with van der Waals surface area (Å²) in [5, 5.41) is 24.8. The van der Waals surface area contributed by atoms with Gasteiger partial charge in [0.1, 0.15) is 17.9 Å². The third-order valence-corrected chi connectivity index (χ3v) is 15.8. The largest absolute Gasteiger partial charge is 0.493 e. The quantitative estimate of drug-likeness (QED) is 0.0248. The van der Waals surface area contributed by atoms with E-state index < -0.39 is 73.3 Å². The van der Waals surface area contributed by atoms with Crippen LogP contribution in [0.15, 0.2) is 102 Å². The number of Topliss-reactive ketones (excluding diaryl/α,β-unsaturated/α-hetero) is 2. The van der Waals surface area contributed by atoms with Crippen molar-refractivity contribution in [1.82, 2.24) is 10.2 Å². The molecule has 4 aromatic rings. The number of carbonyl (C=O) groups is 5. The zero-order valence-electron chi connectivity index (χ0n) is 43.0. The van der Waals surface area contributed by atoms with Gasteiger partial charge >= 0.3 is 5.97 Å². The lowest BCUT2D eigenvalue weighted by Gasteiger charge is -2.36. The standard InChI is InChI=1S/C56H71N3O13S/c1-8-56(4,5)53(63)54(64)58-30-13-12-19-47(58)55(65)72-49(27-20-39-21-28-50(70-6)51(35-39)71-7)41-18-14-17-40(32-41)33-43(60)24-29-52(62)57-46(34-38-15-10-9-11-16-38)48(61)36-45(31-37(2)3)73(68,69)44-25-22-42(23-26-44)59(66)67/h9-11,14-18,21-23,25-26,28,32,35,37,45-49,61H,8,12-13,19-20,24,27,29-31,33-34,36H2,1-7H3,(H,57,62)/t45?,46-,47-,48+,49+/m0/s1. The lowest BCUT2D eigenvalue weighted by Crippen LogP contribution is -2.53. The Balaban J connectivity index is 1.31. The zero-order chi connectivity index (χ0) is 53.5. The van der Waals surface area contributed by atoms with Crippen LogP contribution >= 0.6 is 0 Å². The van der Waals surface area contributed by atoms with Gasteiger partial charge in [-0.2, -0.15) is 0 Å². The number of nitrogens with one attached hydrogen (secondary N) is 1. The molecule has 4 aromatic carbocycles. The van der Waals surface area contributed by atoms with E-state index in [1.165, 1.54) is 24.1 Å². The van der Waals surface area contributed by atoms with E-state index in [1.54, 1.807) is 51.3 Å². The molecule has 2 amide bonds. The molecule has 16 nitrogen and oxygen atoms in total. The highest BCUT2D eigenvalue weighted by Gasteiger charge is 2.41. The number of hydrogen-bond acceptors (Lipinski definition) is 13. The Hall–Kier alpha value is -6.46. The van der Waals surface area contributed by atoms with E-state index >= 15 is 0 Å². The number of nitro benzene ring substituents is 1. The first-order valence-corrected chi connectivity index (χ1v) is 26.6. The first kappa shape index (κ1) is 57.4. The van der Waals surface area contributed by atoms with E-state index in [4.69, 9.17) is 14.2 Å². The van der Waals surface area contributed by atoms with Crippen molar-refractivity contribution in [1.29, 1.82) is 0 Å². The van der Waals surface area contributed by atoms with Crippen LogP contribution in [0.25, 0.3) is 0 Å². The van der Waals surface area contributed by atoms with Gasteiger partial charge in [-0.05, 0) is 110 Å². The summed E-state index contributed by atoms with van der Waals surface area (Å²) in [6.45, 7) is 9.23. The number of ether oxygens (including phenoxy) is 3. The van der Waals surface area contributed by atoms with Crippen molar-refractivity contribution < 1.29 is 56.6 Å². The summed E-state index contributed by atoms with van der Waals surface area (Å²) in [5.74, 6) is -1.66. The third kappa shape index (κ3) is 16.0. The van der Waals surface area contributed by atoms with Crippen LogP contribution in [0.5, 0.6) is 11.5 Å². The Bertz CT molecular complexity index is 2650. The second-order valence-corrected chi connectivity index (χ2v) is 22.1. The van der Waals surface area contributed by atoms with Crippen LogP contribution in [0, 0.1) is 21.4 Å². The summed E-state index contributed by atoms with van der Waals surface area (Å²) in [4.78, 5) is 80.2. The maximum Gasteiger partial charge on any atom is 0.329 e. The predicted molar refractivity (Wildman–Crippen MR) is 276 cm³/mol. The van der Waals surface area contributed by atoms with Crippen LogP contribution in [0.4, 0.5) is 5.69 Å². The van der Waals surface area contributed by atoms with E-state index in [9.17, 15) is 47.6 Å². The number of aliphatic hydroxyl groups is 1. The normalized spacial score (nSPS) is 15.6. The van der Waals surface area contributed by atoms with Gasteiger partial charge in [0.05, 0.1) is 41.4 Å². The molecule has 17 heteroatoms. The first-order chi connectivity index (χ1) is 34.7. The highest BCUT2D eigenvalue weighted by atomic mass is 32.2. The molecule has 0 bridgehead atoms. The van der Waals surface area contributed by atoms with Gasteiger partial charge in [0.25, 0.3) is 11.6 Å². The molecule has 0 saturated carbocycles. The molecule has 0 aliphatic carbocycles. The second-order valence-electron chi connectivity index (χ2n) is 19.9. The number of rotatable bonds is 27. The van der Waals surface area contributed by atoms with E-state index in [2.05, 4.69) is 5.32 Å². The van der Waals surface area contributed by atoms with Crippen molar-refractivity contribution in [2.75, 3.05) is 20.8 Å². The Morgan fingerprint density at radius 1 is 0.849 bits per heavy atom. The van der Waals surface area contributed by atoms with Gasteiger partial charge in [0.2, 0.25) is 11.7 Å². The van der Waals surface area contributed by atoms with Crippen LogP contribution in [0.3, 0.4) is 0 Å². The van der Waals surface area contributed by atoms with Crippen molar-refractivity contribution in [3.05, 3.63) is 129 Å². The number of carbonyl (C=O) groups excluding carboxylic acids is 5. The Kier molecular flexibility index (Phi) is 20.8. The molecule has 1 heterocycles. The lowest BCUT2D eigenvalue weighted by molar-refractivity contribution is -0.384. The average Bonchev–Trinajstić information content (AvgIpc) is 3.38. The fourth-order valence-electron chi connectivity index (χ4n) is 9.01. The molecule has 0 spiro atoms. The van der Waals surface area contributed by atoms with E-state index in [1.807, 2.05) is 63.2 Å². The van der Waals surface area contributed by atoms with Crippen LogP contribution in [0.2, 0.25) is 0 Å². The van der Waals surface area contributed by atoms with Gasteiger partial charge in [0.15, 0.2) is 21.3 Å². The smallest absolute Gasteiger partial charge is 0.329 e. The Labute approximate surface area is 429 Å². The summed E-state index contributed by atoms with van der Waals surface area (Å²) in [5.41, 5.74) is 1.73. The topological polar surface area (TPSA) is 226 Å². The van der Waals surface area contributed by atoms with Crippen LogP contribution < -0.4 is 14.8 Å². The van der Waals surface area contributed by atoms with Gasteiger partial charge in [-0.1, -0.05) is 95.3 Å². The summed E-state index contributed by atoms with van der Waals surface area (Å²) in [6.07, 6.45) is 0.427. The molecule has 0 radical (unpaired) electrons. The molecule has 1 fully saturated rings. The van der Waals surface area contributed by atoms with Crippen molar-refractivity contribution >= 4 is 44.9 Å². The van der Waals surface area contributed by atoms with Gasteiger partial charge < -0.3 is 29.5 Å². The highest BCUT2D eigenvalue weighted by molar-refractivity contribution is 7.92. The van der Waals surface area contributed by atoms with E-state index in [-0.39, 0.29) is 67.4 Å². The number of ketones is 2. The molecule has 394 valence electrons. The number of nitrogens with zero attached hydrogens (tertiary/aromatic N) is 2. The number of nitro groups is 1. The summed E-state index contributed by atoms with van der Waals surface area (Å²) in [7, 11) is -0.990. The van der Waals surface area contributed by atoms with Crippen molar-refractivity contribution in [2.45, 2.75) is 146 Å². The number of aryl methyl sites for hydroxylation is 1. The third-order valence-electron chi connectivity index (χ3n) is 13.6. The number of sulfone groups is 1. The summed E-state index contributed by atoms with van der Waals surface area (Å²) >= 11 is 0. The van der Waals surface area contributed by atoms with Crippen molar-refractivity contribution in [3.63, 3.8) is 0 Å². The molecular weight excluding hydrogens is 955 g/mol. The molecule has 5 rings (SSSR count). The minimum atomic E-state index is -4.07. The number of piperidine rings is 1. The molecule has 1 aliphatic heterocycles. The zero-order valence-corrected chi connectivity index (χ0v) is 43.9. The highest BCUT2D eigenvalue weighted by Crippen LogP contribution is 2.33. The Morgan fingerprint density at radius 3 is 2.18 bits per heavy atom. The van der Waals surface area contributed by atoms with Gasteiger partial charge in [-0.3, -0.25) is 29.3 Å². The molecule has 73 heavy (non-hydrogen) atoms. The number of benzene rings is 4. The summed E-state index contributed by atoms with van der Waals surface area (Å²) < 4.78 is 45.1. The van der Waals surface area contributed by atoms with Gasteiger partial charge in [0, 0.05) is 43.4 Å². The fraction of sp³-hybridized carbons (Fsp3) is 0.482. The van der Waals surface area contributed by atoms with E-state index in [0.29, 0.717) is 61.2 Å². The number of methoxy groups -OCH3 is 2. The molecule has 1 unspecified atom stereocenters. The number of non-ortho nitro benzene ring substituents is 1. The second kappa shape index (κ2) is 26.5. The van der Waals surface area contributed by atoms with Gasteiger partial charge in [-0.25, -0.2) is 13.2 Å². The molecule has 5 atom stereocenters.